The maximum absolute atomic E-state index is 14.1. The smallest absolute Gasteiger partial charge is 0.264 e. The van der Waals surface area contributed by atoms with Crippen LogP contribution in [0.1, 0.15) is 108 Å². The topological polar surface area (TPSA) is 237 Å². The van der Waals surface area contributed by atoms with E-state index in [4.69, 9.17) is 10.1 Å². The number of amides is 5. The Morgan fingerprint density at radius 3 is 2.11 bits per heavy atom. The van der Waals surface area contributed by atoms with Crippen molar-refractivity contribution in [1.82, 2.24) is 36.6 Å². The van der Waals surface area contributed by atoms with Crippen LogP contribution in [0, 0.1) is 32.1 Å². The Kier molecular flexibility index (Phi) is 17.9. The summed E-state index contributed by atoms with van der Waals surface area (Å²) in [4.78, 5) is 67.8. The molecule has 1 aliphatic rings. The van der Waals surface area contributed by atoms with Gasteiger partial charge in [-0.2, -0.15) is 0 Å². The standard InChI is InChI=1S/C45H66N8O8S/c1-12-15-24-47-41(57)35(31-20-17-16-18-21-31)51-39(55)33(14-3)49-40(56)34(50-42(58)45(11,23-13-2)52-38(54)27(4)5)22-19-25-48-43(46)53-62(59,60)37-29(7)28(6)36-32(30(37)8)26-44(9,10)61-36/h12-13,16-18,20-21,27,33-35H,1-2,14-15,19,22-26H2,3-11H3,(H,47,57)(H,49,56)(H,50,58)(H,51,55)(H,52,54)(H3,46,48,53). The molecular formula is C45H66N8O8S. The van der Waals surface area contributed by atoms with Crippen LogP contribution in [0.3, 0.4) is 0 Å². The fourth-order valence-electron chi connectivity index (χ4n) is 7.09. The van der Waals surface area contributed by atoms with E-state index in [1.54, 1.807) is 71.0 Å². The number of carbonyl (C=O) groups is 5. The number of ether oxygens (including phenoxy) is 1. The van der Waals surface area contributed by atoms with Crippen LogP contribution < -0.4 is 41.4 Å². The third-order valence-electron chi connectivity index (χ3n) is 10.7. The molecule has 2 aromatic carbocycles. The molecule has 62 heavy (non-hydrogen) atoms. The molecule has 0 aromatic heterocycles. The van der Waals surface area contributed by atoms with Gasteiger partial charge < -0.3 is 36.6 Å². The fourth-order valence-corrected chi connectivity index (χ4v) is 8.62. The lowest BCUT2D eigenvalue weighted by Crippen LogP contribution is -2.61. The van der Waals surface area contributed by atoms with Crippen molar-refractivity contribution in [3.63, 3.8) is 0 Å². The Balaban J connectivity index is 1.81. The Morgan fingerprint density at radius 1 is 0.871 bits per heavy atom. The SMILES string of the molecule is C=CCCNC(=O)C(NC(=O)C(CC)NC(=O)C(CCCNC(=N)NS(=O)(=O)c1c(C)c(C)c2c(c1C)CC(C)(C)O2)NC(=O)C(C)(CC=C)NC(=O)C(C)C)c1ccccc1. The summed E-state index contributed by atoms with van der Waals surface area (Å²) in [6.45, 7) is 23.4. The van der Waals surface area contributed by atoms with E-state index in [9.17, 15) is 32.4 Å². The van der Waals surface area contributed by atoms with Crippen molar-refractivity contribution in [2.24, 2.45) is 5.92 Å². The van der Waals surface area contributed by atoms with Crippen LogP contribution in [0.25, 0.3) is 0 Å². The number of benzene rings is 2. The minimum Gasteiger partial charge on any atom is -0.487 e. The normalized spacial score (nSPS) is 15.3. The van der Waals surface area contributed by atoms with Gasteiger partial charge in [0, 0.05) is 31.0 Å². The van der Waals surface area contributed by atoms with Crippen LogP contribution in [-0.4, -0.2) is 80.2 Å². The first-order chi connectivity index (χ1) is 29.0. The molecule has 4 unspecified atom stereocenters. The number of carbonyl (C=O) groups excluding carboxylic acids is 5. The molecule has 0 saturated carbocycles. The summed E-state index contributed by atoms with van der Waals surface area (Å²) in [6.07, 6.45) is 4.46. The van der Waals surface area contributed by atoms with Crippen LogP contribution in [0.15, 0.2) is 60.5 Å². The van der Waals surface area contributed by atoms with Crippen molar-refractivity contribution in [2.75, 3.05) is 13.1 Å². The second-order valence-electron chi connectivity index (χ2n) is 16.8. The lowest BCUT2D eigenvalue weighted by atomic mass is 9.94. The second-order valence-corrected chi connectivity index (χ2v) is 18.4. The third kappa shape index (κ3) is 13.1. The number of hydrogen-bond donors (Lipinski definition) is 8. The molecular weight excluding hydrogens is 813 g/mol. The molecule has 17 heteroatoms. The average Bonchev–Trinajstić information content (AvgIpc) is 3.54. The fraction of sp³-hybridized carbons (Fsp3) is 0.511. The van der Waals surface area contributed by atoms with Crippen LogP contribution in [0.5, 0.6) is 5.75 Å². The summed E-state index contributed by atoms with van der Waals surface area (Å²) in [7, 11) is -4.21. The van der Waals surface area contributed by atoms with Gasteiger partial charge in [0.1, 0.15) is 35.0 Å². The van der Waals surface area contributed by atoms with Crippen molar-refractivity contribution < 1.29 is 37.1 Å². The first-order valence-electron chi connectivity index (χ1n) is 21.0. The highest BCUT2D eigenvalue weighted by Crippen LogP contribution is 2.43. The number of fused-ring (bicyclic) bond motifs is 1. The zero-order valence-electron chi connectivity index (χ0n) is 37.6. The highest BCUT2D eigenvalue weighted by molar-refractivity contribution is 7.90. The van der Waals surface area contributed by atoms with Crippen molar-refractivity contribution in [3.8, 4) is 5.75 Å². The number of hydrogen-bond acceptors (Lipinski definition) is 9. The second kappa shape index (κ2) is 21.9. The number of rotatable bonds is 22. The maximum atomic E-state index is 14.1. The van der Waals surface area contributed by atoms with E-state index in [0.717, 1.165) is 5.56 Å². The summed E-state index contributed by atoms with van der Waals surface area (Å²) in [6, 6.07) is 5.20. The first kappa shape index (κ1) is 50.6. The molecule has 1 heterocycles. The van der Waals surface area contributed by atoms with Crippen molar-refractivity contribution in [1.29, 1.82) is 5.41 Å². The maximum Gasteiger partial charge on any atom is 0.264 e. The van der Waals surface area contributed by atoms with Gasteiger partial charge in [-0.3, -0.25) is 29.4 Å². The van der Waals surface area contributed by atoms with E-state index in [2.05, 4.69) is 49.8 Å². The summed E-state index contributed by atoms with van der Waals surface area (Å²) >= 11 is 0. The van der Waals surface area contributed by atoms with Crippen LogP contribution >= 0.6 is 0 Å². The minimum atomic E-state index is -4.21. The first-order valence-corrected chi connectivity index (χ1v) is 22.5. The van der Waals surface area contributed by atoms with Gasteiger partial charge in [0.15, 0.2) is 0 Å². The summed E-state index contributed by atoms with van der Waals surface area (Å²) in [5.41, 5.74) is 1.12. The molecule has 0 saturated heterocycles. The molecule has 16 nitrogen and oxygen atoms in total. The Hall–Kier alpha value is -5.71. The molecule has 5 amide bonds. The number of sulfonamides is 1. The summed E-state index contributed by atoms with van der Waals surface area (Å²) < 4.78 is 35.9. The molecule has 3 rings (SSSR count). The van der Waals surface area contributed by atoms with E-state index in [1.165, 1.54) is 13.0 Å². The van der Waals surface area contributed by atoms with Gasteiger partial charge in [-0.15, -0.1) is 13.2 Å². The minimum absolute atomic E-state index is 0.00956. The van der Waals surface area contributed by atoms with Gasteiger partial charge in [-0.05, 0) is 95.9 Å². The van der Waals surface area contributed by atoms with E-state index in [0.29, 0.717) is 47.4 Å². The molecule has 0 bridgehead atoms. The Morgan fingerprint density at radius 2 is 1.52 bits per heavy atom. The molecule has 0 spiro atoms. The van der Waals surface area contributed by atoms with E-state index in [1.807, 2.05) is 20.8 Å². The predicted octanol–water partition coefficient (Wildman–Crippen LogP) is 3.94. The Bertz CT molecular complexity index is 2120. The van der Waals surface area contributed by atoms with Gasteiger partial charge in [-0.25, -0.2) is 13.1 Å². The summed E-state index contributed by atoms with van der Waals surface area (Å²) in [5, 5.41) is 25.0. The summed E-state index contributed by atoms with van der Waals surface area (Å²) in [5.74, 6) is -3.14. The zero-order chi connectivity index (χ0) is 46.6. The molecule has 0 radical (unpaired) electrons. The average molecular weight is 879 g/mol. The van der Waals surface area contributed by atoms with Gasteiger partial charge >= 0.3 is 0 Å². The monoisotopic (exact) mass is 878 g/mol. The molecule has 1 aliphatic heterocycles. The third-order valence-corrected chi connectivity index (χ3v) is 12.4. The number of nitrogens with one attached hydrogen (secondary N) is 8. The number of guanidine groups is 1. The molecule has 4 atom stereocenters. The van der Waals surface area contributed by atoms with Gasteiger partial charge in [0.2, 0.25) is 35.5 Å². The molecule has 8 N–H and O–H groups in total. The van der Waals surface area contributed by atoms with Crippen molar-refractivity contribution >= 4 is 45.5 Å². The molecule has 2 aromatic rings. The van der Waals surface area contributed by atoms with E-state index >= 15 is 0 Å². The molecule has 0 aliphatic carbocycles. The largest absolute Gasteiger partial charge is 0.487 e. The van der Waals surface area contributed by atoms with E-state index < -0.39 is 80.7 Å². The predicted molar refractivity (Wildman–Crippen MR) is 240 cm³/mol. The highest BCUT2D eigenvalue weighted by atomic mass is 32.2. The van der Waals surface area contributed by atoms with E-state index in [-0.39, 0.29) is 37.1 Å². The van der Waals surface area contributed by atoms with Gasteiger partial charge in [-0.1, -0.05) is 63.3 Å². The van der Waals surface area contributed by atoms with Crippen molar-refractivity contribution in [2.45, 2.75) is 135 Å². The lowest BCUT2D eigenvalue weighted by molar-refractivity contribution is -0.137. The van der Waals surface area contributed by atoms with Gasteiger partial charge in [0.05, 0.1) is 4.90 Å². The quantitative estimate of drug-likeness (QED) is 0.0370. The van der Waals surface area contributed by atoms with Crippen LogP contribution in [0.2, 0.25) is 0 Å². The van der Waals surface area contributed by atoms with Crippen LogP contribution in [0.4, 0.5) is 0 Å². The Labute approximate surface area is 366 Å². The van der Waals surface area contributed by atoms with Gasteiger partial charge in [0.25, 0.3) is 10.0 Å². The highest BCUT2D eigenvalue weighted by Gasteiger charge is 2.39. The molecule has 0 fully saturated rings. The molecule has 340 valence electrons. The zero-order valence-corrected chi connectivity index (χ0v) is 38.4. The lowest BCUT2D eigenvalue weighted by Gasteiger charge is -2.32. The van der Waals surface area contributed by atoms with Crippen molar-refractivity contribution in [3.05, 3.63) is 83.5 Å². The van der Waals surface area contributed by atoms with Crippen LogP contribution in [-0.2, 0) is 40.4 Å².